The lowest BCUT2D eigenvalue weighted by Crippen LogP contribution is -2.44. The number of hydrogen-bond acceptors (Lipinski definition) is 8. The van der Waals surface area contributed by atoms with Crippen molar-refractivity contribution < 1.29 is 31.4 Å². The summed E-state index contributed by atoms with van der Waals surface area (Å²) >= 11 is -2.62. The van der Waals surface area contributed by atoms with Crippen molar-refractivity contribution in [1.29, 1.82) is 0 Å². The first kappa shape index (κ1) is 19.1. The Morgan fingerprint density at radius 1 is 1.39 bits per heavy atom. The molecule has 0 fully saturated rings. The van der Waals surface area contributed by atoms with Gasteiger partial charge in [0.2, 0.25) is 5.88 Å². The fourth-order valence-electron chi connectivity index (χ4n) is 1.32. The average Bonchev–Trinajstić information content (AvgIpc) is 2.45. The van der Waals surface area contributed by atoms with E-state index in [1.165, 1.54) is 26.4 Å². The first-order valence-electron chi connectivity index (χ1n) is 5.89. The van der Waals surface area contributed by atoms with Gasteiger partial charge in [-0.3, -0.25) is 9.53 Å². The maximum atomic E-state index is 11.7. The zero-order valence-electron chi connectivity index (χ0n) is 12.4. The second kappa shape index (κ2) is 8.05. The summed E-state index contributed by atoms with van der Waals surface area (Å²) in [4.78, 5) is 15.6. The van der Waals surface area contributed by atoms with Crippen LogP contribution in [0.15, 0.2) is 12.1 Å². The molecule has 13 heteroatoms. The smallest absolute Gasteiger partial charge is 0.335 e. The molecule has 1 heterocycles. The molecule has 0 radical (unpaired) electrons. The van der Waals surface area contributed by atoms with Crippen LogP contribution >= 0.6 is 0 Å². The van der Waals surface area contributed by atoms with Crippen molar-refractivity contribution >= 4 is 33.1 Å². The van der Waals surface area contributed by atoms with Crippen LogP contribution in [0.2, 0.25) is 0 Å². The van der Waals surface area contributed by atoms with Gasteiger partial charge in [-0.25, -0.2) is 9.52 Å². The van der Waals surface area contributed by atoms with Gasteiger partial charge in [0, 0.05) is 19.2 Å². The van der Waals surface area contributed by atoms with Gasteiger partial charge in [0.05, 0.1) is 20.1 Å². The summed E-state index contributed by atoms with van der Waals surface area (Å²) in [5, 5.41) is 2.17. The Morgan fingerprint density at radius 3 is 2.57 bits per heavy atom. The van der Waals surface area contributed by atoms with Gasteiger partial charge < -0.3 is 14.0 Å². The van der Waals surface area contributed by atoms with Crippen molar-refractivity contribution in [1.82, 2.24) is 14.0 Å². The molecule has 0 spiro atoms. The molecule has 1 unspecified atom stereocenters. The zero-order valence-corrected chi connectivity index (χ0v) is 14.1. The largest absolute Gasteiger partial charge is 0.771 e. The molecule has 23 heavy (non-hydrogen) atoms. The average molecular weight is 367 g/mol. The van der Waals surface area contributed by atoms with Crippen LogP contribution in [-0.4, -0.2) is 59.6 Å². The monoisotopic (exact) mass is 367 g/mol. The third-order valence-corrected chi connectivity index (χ3v) is 4.54. The lowest BCUT2D eigenvalue weighted by molar-refractivity contribution is 0.256. The van der Waals surface area contributed by atoms with Crippen molar-refractivity contribution in [2.75, 3.05) is 32.5 Å². The minimum atomic E-state index is -4.32. The fourth-order valence-corrected chi connectivity index (χ4v) is 2.87. The van der Waals surface area contributed by atoms with Gasteiger partial charge in [-0.2, -0.15) is 17.7 Å². The van der Waals surface area contributed by atoms with Gasteiger partial charge in [-0.15, -0.1) is 0 Å². The predicted molar refractivity (Wildman–Crippen MR) is 80.0 cm³/mol. The third kappa shape index (κ3) is 5.97. The van der Waals surface area contributed by atoms with Crippen LogP contribution in [0, 0.1) is 0 Å². The number of amides is 2. The van der Waals surface area contributed by atoms with E-state index in [0.29, 0.717) is 10.1 Å². The highest BCUT2D eigenvalue weighted by atomic mass is 32.2. The van der Waals surface area contributed by atoms with Gasteiger partial charge >= 0.3 is 16.2 Å². The maximum absolute atomic E-state index is 11.7. The van der Waals surface area contributed by atoms with E-state index in [1.54, 1.807) is 4.72 Å². The number of nitrogens with zero attached hydrogens (tertiary/aromatic N) is 2. The van der Waals surface area contributed by atoms with Gasteiger partial charge in [0.25, 0.3) is 0 Å². The number of carbonyl (C=O) groups excluding carboxylic acids is 1. The number of anilines is 1. The normalized spacial score (nSPS) is 12.6. The van der Waals surface area contributed by atoms with Crippen molar-refractivity contribution in [3.05, 3.63) is 12.1 Å². The van der Waals surface area contributed by atoms with E-state index in [-0.39, 0.29) is 11.7 Å². The predicted octanol–water partition coefficient (Wildman–Crippen LogP) is -0.766. The van der Waals surface area contributed by atoms with E-state index in [1.807, 2.05) is 0 Å². The number of pyridine rings is 1. The van der Waals surface area contributed by atoms with Gasteiger partial charge in [0.1, 0.15) is 11.6 Å². The molecule has 0 aromatic carbocycles. The SMILES string of the molecule is COc1cc(NC(=O)NS(=O)(=O)N(C)CS(=O)[O-])nc(OC)c1. The Bertz CT molecular complexity index is 672. The van der Waals surface area contributed by atoms with E-state index in [9.17, 15) is 22.0 Å². The molecule has 130 valence electrons. The number of aromatic nitrogens is 1. The molecule has 0 bridgehead atoms. The van der Waals surface area contributed by atoms with Crippen LogP contribution in [-0.2, 0) is 21.3 Å². The van der Waals surface area contributed by atoms with Crippen molar-refractivity contribution in [2.24, 2.45) is 0 Å². The molecule has 0 saturated heterocycles. The highest BCUT2D eigenvalue weighted by Gasteiger charge is 2.21. The van der Waals surface area contributed by atoms with Crippen LogP contribution in [0.3, 0.4) is 0 Å². The van der Waals surface area contributed by atoms with Crippen molar-refractivity contribution in [2.45, 2.75) is 0 Å². The lowest BCUT2D eigenvalue weighted by atomic mass is 10.4. The topological polar surface area (TPSA) is 150 Å². The Morgan fingerprint density at radius 2 is 2.04 bits per heavy atom. The third-order valence-electron chi connectivity index (χ3n) is 2.38. The molecule has 2 N–H and O–H groups in total. The zero-order chi connectivity index (χ0) is 17.6. The number of urea groups is 1. The summed E-state index contributed by atoms with van der Waals surface area (Å²) in [7, 11) is -0.575. The van der Waals surface area contributed by atoms with Crippen LogP contribution < -0.4 is 19.5 Å². The highest BCUT2D eigenvalue weighted by Crippen LogP contribution is 2.21. The minimum Gasteiger partial charge on any atom is -0.771 e. The van der Waals surface area contributed by atoms with E-state index in [4.69, 9.17) is 9.47 Å². The molecule has 1 aromatic rings. The number of rotatable bonds is 7. The molecule has 1 atom stereocenters. The molecule has 0 saturated carbocycles. The van der Waals surface area contributed by atoms with E-state index in [2.05, 4.69) is 10.3 Å². The first-order chi connectivity index (χ1) is 10.7. The van der Waals surface area contributed by atoms with Gasteiger partial charge in [0.15, 0.2) is 0 Å². The quantitative estimate of drug-likeness (QED) is 0.597. The molecule has 11 nitrogen and oxygen atoms in total. The maximum Gasteiger partial charge on any atom is 0.335 e. The number of hydrogen-bond donors (Lipinski definition) is 2. The van der Waals surface area contributed by atoms with Crippen LogP contribution in [0.4, 0.5) is 10.6 Å². The number of nitrogens with one attached hydrogen (secondary N) is 2. The van der Waals surface area contributed by atoms with Crippen molar-refractivity contribution in [3.63, 3.8) is 0 Å². The summed E-state index contributed by atoms with van der Waals surface area (Å²) in [6, 6.07) is 1.67. The molecular formula is C10H15N4O7S2-. The molecule has 2 amide bonds. The fraction of sp³-hybridized carbons (Fsp3) is 0.400. The standard InChI is InChI=1S/C10H16N4O7S2/c1-14(6-22(16)17)23(18,19)13-10(15)12-8-4-7(20-2)5-9(11-8)21-3/h4-5H,6H2,1-3H3,(H,16,17)(H2,11,12,13,15)/p-1. The molecule has 0 aliphatic heterocycles. The summed E-state index contributed by atoms with van der Waals surface area (Å²) < 4.78 is 56.4. The Kier molecular flexibility index (Phi) is 6.68. The minimum absolute atomic E-state index is 0.0241. The molecular weight excluding hydrogens is 352 g/mol. The van der Waals surface area contributed by atoms with Crippen LogP contribution in [0.1, 0.15) is 0 Å². The van der Waals surface area contributed by atoms with Gasteiger partial charge in [-0.05, 0) is 11.1 Å². The molecule has 1 aromatic heterocycles. The number of methoxy groups -OCH3 is 2. The second-order valence-corrected chi connectivity index (χ2v) is 6.67. The van der Waals surface area contributed by atoms with Crippen LogP contribution in [0.25, 0.3) is 0 Å². The molecule has 1 rings (SSSR count). The van der Waals surface area contributed by atoms with Crippen molar-refractivity contribution in [3.8, 4) is 11.6 Å². The molecule has 0 aliphatic carbocycles. The van der Waals surface area contributed by atoms with Gasteiger partial charge in [-0.1, -0.05) is 0 Å². The summed E-state index contributed by atoms with van der Waals surface area (Å²) in [5.74, 6) is -0.354. The Hall–Kier alpha value is -1.96. The summed E-state index contributed by atoms with van der Waals surface area (Å²) in [6.07, 6.45) is 0. The Labute approximate surface area is 135 Å². The number of carbonyl (C=O) groups is 1. The first-order valence-corrected chi connectivity index (χ1v) is 8.57. The van der Waals surface area contributed by atoms with E-state index in [0.717, 1.165) is 7.05 Å². The number of ether oxygens (including phenoxy) is 2. The molecule has 0 aliphatic rings. The van der Waals surface area contributed by atoms with E-state index >= 15 is 0 Å². The van der Waals surface area contributed by atoms with E-state index < -0.39 is 33.2 Å². The summed E-state index contributed by atoms with van der Waals surface area (Å²) in [6.45, 7) is 0. The lowest BCUT2D eigenvalue weighted by Gasteiger charge is -2.18. The highest BCUT2D eigenvalue weighted by molar-refractivity contribution is 7.88. The summed E-state index contributed by atoms with van der Waals surface area (Å²) in [5.41, 5.74) is 0. The van der Waals surface area contributed by atoms with Crippen LogP contribution in [0.5, 0.6) is 11.6 Å². The second-order valence-electron chi connectivity index (χ2n) is 4.03. The Balaban J connectivity index is 2.82.